The number of hydrogen-bond acceptors (Lipinski definition) is 4. The lowest BCUT2D eigenvalue weighted by Crippen LogP contribution is -2.17. The standard InChI is InChI=1S/C17H19N5O.ClH/c1-3-18-11-13-6-4-5-7-14(13)19-17(23)12-8-9-16-15(10-12)20-21-22(16)2;/h4-10,18H,3,11H2,1-2H3,(H,19,23);1H. The van der Waals surface area contributed by atoms with E-state index in [0.29, 0.717) is 11.1 Å². The largest absolute Gasteiger partial charge is 0.322 e. The minimum absolute atomic E-state index is 0. The number of aryl methyl sites for hydroxylation is 1. The number of rotatable bonds is 5. The van der Waals surface area contributed by atoms with Crippen molar-refractivity contribution in [3.05, 3.63) is 53.6 Å². The summed E-state index contributed by atoms with van der Waals surface area (Å²) >= 11 is 0. The fourth-order valence-corrected chi connectivity index (χ4v) is 2.43. The van der Waals surface area contributed by atoms with E-state index in [4.69, 9.17) is 0 Å². The van der Waals surface area contributed by atoms with E-state index in [-0.39, 0.29) is 18.3 Å². The van der Waals surface area contributed by atoms with Crippen molar-refractivity contribution < 1.29 is 4.79 Å². The van der Waals surface area contributed by atoms with Crippen molar-refractivity contribution in [2.75, 3.05) is 11.9 Å². The third kappa shape index (κ3) is 3.72. The van der Waals surface area contributed by atoms with E-state index < -0.39 is 0 Å². The van der Waals surface area contributed by atoms with Crippen LogP contribution in [0, 0.1) is 0 Å². The van der Waals surface area contributed by atoms with Gasteiger partial charge >= 0.3 is 0 Å². The van der Waals surface area contributed by atoms with Gasteiger partial charge in [-0.3, -0.25) is 4.79 Å². The number of nitrogens with zero attached hydrogens (tertiary/aromatic N) is 3. The average molecular weight is 346 g/mol. The highest BCUT2D eigenvalue weighted by Crippen LogP contribution is 2.18. The Morgan fingerprint density at radius 2 is 2.00 bits per heavy atom. The zero-order valence-electron chi connectivity index (χ0n) is 13.6. The average Bonchev–Trinajstić information content (AvgIpc) is 2.94. The summed E-state index contributed by atoms with van der Waals surface area (Å²) in [6, 6.07) is 13.2. The SMILES string of the molecule is CCNCc1ccccc1NC(=O)c1ccc2c(c1)nnn2C.Cl. The Bertz CT molecular complexity index is 846. The van der Waals surface area contributed by atoms with Crippen LogP contribution >= 0.6 is 12.4 Å². The van der Waals surface area contributed by atoms with Crippen molar-refractivity contribution >= 4 is 35.0 Å². The van der Waals surface area contributed by atoms with Gasteiger partial charge in [-0.2, -0.15) is 0 Å². The number of benzene rings is 2. The summed E-state index contributed by atoms with van der Waals surface area (Å²) < 4.78 is 1.68. The van der Waals surface area contributed by atoms with Crippen molar-refractivity contribution in [3.8, 4) is 0 Å². The molecule has 0 aliphatic carbocycles. The van der Waals surface area contributed by atoms with Crippen molar-refractivity contribution in [1.29, 1.82) is 0 Å². The van der Waals surface area contributed by atoms with E-state index >= 15 is 0 Å². The van der Waals surface area contributed by atoms with E-state index in [1.807, 2.05) is 37.4 Å². The number of amides is 1. The number of nitrogens with one attached hydrogen (secondary N) is 2. The molecule has 0 fully saturated rings. The first-order valence-corrected chi connectivity index (χ1v) is 7.58. The van der Waals surface area contributed by atoms with Gasteiger partial charge in [0.25, 0.3) is 5.91 Å². The van der Waals surface area contributed by atoms with E-state index in [1.165, 1.54) is 0 Å². The molecule has 2 N–H and O–H groups in total. The molecule has 126 valence electrons. The summed E-state index contributed by atoms with van der Waals surface area (Å²) in [6.07, 6.45) is 0. The zero-order valence-corrected chi connectivity index (χ0v) is 14.4. The molecule has 0 atom stereocenters. The van der Waals surface area contributed by atoms with Gasteiger partial charge in [0.05, 0.1) is 5.52 Å². The Morgan fingerprint density at radius 3 is 2.79 bits per heavy atom. The van der Waals surface area contributed by atoms with Gasteiger partial charge in [0.2, 0.25) is 0 Å². The summed E-state index contributed by atoms with van der Waals surface area (Å²) in [5.41, 5.74) is 4.05. The maximum atomic E-state index is 12.5. The summed E-state index contributed by atoms with van der Waals surface area (Å²) in [5, 5.41) is 14.2. The summed E-state index contributed by atoms with van der Waals surface area (Å²) in [4.78, 5) is 12.5. The molecular formula is C17H20ClN5O. The van der Waals surface area contributed by atoms with E-state index in [2.05, 4.69) is 27.9 Å². The quantitative estimate of drug-likeness (QED) is 0.746. The lowest BCUT2D eigenvalue weighted by Gasteiger charge is -2.11. The molecule has 0 bridgehead atoms. The molecule has 0 saturated carbocycles. The van der Waals surface area contributed by atoms with Gasteiger partial charge in [-0.1, -0.05) is 30.3 Å². The van der Waals surface area contributed by atoms with Crippen LogP contribution in [0.2, 0.25) is 0 Å². The van der Waals surface area contributed by atoms with Crippen molar-refractivity contribution in [1.82, 2.24) is 20.3 Å². The van der Waals surface area contributed by atoms with Crippen LogP contribution < -0.4 is 10.6 Å². The lowest BCUT2D eigenvalue weighted by molar-refractivity contribution is 0.102. The van der Waals surface area contributed by atoms with Crippen molar-refractivity contribution in [2.24, 2.45) is 7.05 Å². The van der Waals surface area contributed by atoms with Crippen molar-refractivity contribution in [3.63, 3.8) is 0 Å². The highest BCUT2D eigenvalue weighted by molar-refractivity contribution is 6.06. The molecule has 0 aliphatic rings. The molecule has 0 radical (unpaired) electrons. The van der Waals surface area contributed by atoms with Crippen LogP contribution in [0.1, 0.15) is 22.8 Å². The maximum Gasteiger partial charge on any atom is 0.255 e. The van der Waals surface area contributed by atoms with Gasteiger partial charge in [-0.15, -0.1) is 17.5 Å². The second-order valence-electron chi connectivity index (χ2n) is 5.31. The van der Waals surface area contributed by atoms with Crippen LogP contribution in [0.25, 0.3) is 11.0 Å². The Balaban J connectivity index is 0.00000208. The van der Waals surface area contributed by atoms with Gasteiger partial charge in [-0.25, -0.2) is 4.68 Å². The predicted molar refractivity (Wildman–Crippen MR) is 97.5 cm³/mol. The fourth-order valence-electron chi connectivity index (χ4n) is 2.43. The van der Waals surface area contributed by atoms with Crippen LogP contribution in [-0.2, 0) is 13.6 Å². The molecule has 7 heteroatoms. The number of fused-ring (bicyclic) bond motifs is 1. The number of hydrogen-bond donors (Lipinski definition) is 2. The number of aromatic nitrogens is 3. The molecule has 0 aliphatic heterocycles. The van der Waals surface area contributed by atoms with Gasteiger partial charge < -0.3 is 10.6 Å². The molecular weight excluding hydrogens is 326 g/mol. The first-order chi connectivity index (χ1) is 11.2. The van der Waals surface area contributed by atoms with Gasteiger partial charge in [0.1, 0.15) is 5.52 Å². The Kier molecular flexibility index (Phi) is 5.89. The monoisotopic (exact) mass is 345 g/mol. The van der Waals surface area contributed by atoms with Gasteiger partial charge in [-0.05, 0) is 36.4 Å². The fraction of sp³-hybridized carbons (Fsp3) is 0.235. The second kappa shape index (κ2) is 7.90. The molecule has 1 aromatic heterocycles. The molecule has 0 unspecified atom stereocenters. The molecule has 1 heterocycles. The zero-order chi connectivity index (χ0) is 16.2. The number of halogens is 1. The third-order valence-electron chi connectivity index (χ3n) is 3.70. The summed E-state index contributed by atoms with van der Waals surface area (Å²) in [6.45, 7) is 3.65. The first-order valence-electron chi connectivity index (χ1n) is 7.58. The predicted octanol–water partition coefficient (Wildman–Crippen LogP) is 2.75. The molecule has 6 nitrogen and oxygen atoms in total. The molecule has 1 amide bonds. The number of carbonyl (C=O) groups is 1. The molecule has 0 spiro atoms. The topological polar surface area (TPSA) is 71.8 Å². The highest BCUT2D eigenvalue weighted by atomic mass is 35.5. The van der Waals surface area contributed by atoms with Gasteiger partial charge in [0.15, 0.2) is 0 Å². The third-order valence-corrected chi connectivity index (χ3v) is 3.70. The van der Waals surface area contributed by atoms with Crippen molar-refractivity contribution in [2.45, 2.75) is 13.5 Å². The lowest BCUT2D eigenvalue weighted by atomic mass is 10.1. The minimum atomic E-state index is -0.151. The molecule has 3 aromatic rings. The molecule has 0 saturated heterocycles. The van der Waals surface area contributed by atoms with Crippen LogP contribution in [0.15, 0.2) is 42.5 Å². The van der Waals surface area contributed by atoms with Crippen LogP contribution in [0.5, 0.6) is 0 Å². The Labute approximate surface area is 146 Å². The number of para-hydroxylation sites is 1. The smallest absolute Gasteiger partial charge is 0.255 e. The highest BCUT2D eigenvalue weighted by Gasteiger charge is 2.11. The summed E-state index contributed by atoms with van der Waals surface area (Å²) in [5.74, 6) is -0.151. The van der Waals surface area contributed by atoms with Crippen LogP contribution in [0.3, 0.4) is 0 Å². The normalized spacial score (nSPS) is 10.4. The molecule has 24 heavy (non-hydrogen) atoms. The Morgan fingerprint density at radius 1 is 1.21 bits per heavy atom. The summed E-state index contributed by atoms with van der Waals surface area (Å²) in [7, 11) is 1.83. The van der Waals surface area contributed by atoms with E-state index in [0.717, 1.165) is 29.9 Å². The Hall–Kier alpha value is -2.44. The number of anilines is 1. The second-order valence-corrected chi connectivity index (χ2v) is 5.31. The number of carbonyl (C=O) groups excluding carboxylic acids is 1. The van der Waals surface area contributed by atoms with E-state index in [1.54, 1.807) is 16.8 Å². The minimum Gasteiger partial charge on any atom is -0.322 e. The van der Waals surface area contributed by atoms with E-state index in [9.17, 15) is 4.79 Å². The first kappa shape index (κ1) is 17.9. The van der Waals surface area contributed by atoms with Crippen LogP contribution in [0.4, 0.5) is 5.69 Å². The maximum absolute atomic E-state index is 12.5. The van der Waals surface area contributed by atoms with Gasteiger partial charge in [0, 0.05) is 24.8 Å². The molecule has 3 rings (SSSR count). The van der Waals surface area contributed by atoms with Crippen LogP contribution in [-0.4, -0.2) is 27.4 Å². The molecule has 2 aromatic carbocycles.